The van der Waals surface area contributed by atoms with E-state index in [1.165, 1.54) is 0 Å². The molecule has 0 spiro atoms. The zero-order valence-electron chi connectivity index (χ0n) is 11.9. The van der Waals surface area contributed by atoms with Crippen LogP contribution in [0.1, 0.15) is 32.4 Å². The molecule has 0 bridgehead atoms. The lowest BCUT2D eigenvalue weighted by Gasteiger charge is -2.24. The van der Waals surface area contributed by atoms with Gasteiger partial charge in [-0.1, -0.05) is 0 Å². The first-order valence-electron chi connectivity index (χ1n) is 6.55. The van der Waals surface area contributed by atoms with Crippen LogP contribution in [0.3, 0.4) is 0 Å². The van der Waals surface area contributed by atoms with Crippen molar-refractivity contribution in [3.63, 3.8) is 0 Å². The molecule has 1 aromatic heterocycles. The van der Waals surface area contributed by atoms with Crippen LogP contribution in [0.4, 0.5) is 4.79 Å². The smallest absolute Gasteiger partial charge is 0.407 e. The molecule has 1 aliphatic heterocycles. The Bertz CT molecular complexity index is 450. The summed E-state index contributed by atoms with van der Waals surface area (Å²) in [5, 5.41) is 10.4. The average molecular weight is 266 g/mol. The molecule has 2 rings (SSSR count). The summed E-state index contributed by atoms with van der Waals surface area (Å²) >= 11 is 0. The molecule has 0 saturated carbocycles. The van der Waals surface area contributed by atoms with E-state index in [-0.39, 0.29) is 18.1 Å². The molecule has 2 N–H and O–H groups in total. The summed E-state index contributed by atoms with van der Waals surface area (Å²) in [5.74, 6) is 0.222. The molecule has 1 aromatic rings. The average Bonchev–Trinajstić information content (AvgIpc) is 2.83. The number of alkyl carbamates (subject to hydrolysis) is 1. The van der Waals surface area contributed by atoms with E-state index in [9.17, 15) is 4.79 Å². The Hall–Kier alpha value is -1.56. The summed E-state index contributed by atoms with van der Waals surface area (Å²) in [6, 6.07) is 2.02. The largest absolute Gasteiger partial charge is 0.444 e. The van der Waals surface area contributed by atoms with Crippen LogP contribution in [0.15, 0.2) is 12.3 Å². The van der Waals surface area contributed by atoms with Gasteiger partial charge in [0.05, 0.1) is 6.04 Å². The number of hydrogen-bond donors (Lipinski definition) is 2. The Morgan fingerprint density at radius 3 is 2.84 bits per heavy atom. The molecular formula is C13H22N4O2. The number of rotatable bonds is 2. The first-order valence-corrected chi connectivity index (χ1v) is 6.55. The molecule has 6 heteroatoms. The number of carbonyl (C=O) groups excluding carboxylic acids is 1. The van der Waals surface area contributed by atoms with Crippen LogP contribution in [0.2, 0.25) is 0 Å². The third-order valence-electron chi connectivity index (χ3n) is 3.16. The third kappa shape index (κ3) is 3.47. The van der Waals surface area contributed by atoms with Crippen LogP contribution in [0.5, 0.6) is 0 Å². The van der Waals surface area contributed by atoms with E-state index in [4.69, 9.17) is 4.74 Å². The van der Waals surface area contributed by atoms with E-state index in [2.05, 4.69) is 15.7 Å². The Labute approximate surface area is 113 Å². The molecule has 1 aliphatic rings. The second-order valence-corrected chi connectivity index (χ2v) is 5.90. The number of nitrogens with one attached hydrogen (secondary N) is 2. The molecule has 6 nitrogen and oxygen atoms in total. The first kappa shape index (κ1) is 13.9. The molecule has 0 unspecified atom stereocenters. The molecule has 1 amide bonds. The molecule has 2 heterocycles. The summed E-state index contributed by atoms with van der Waals surface area (Å²) in [5.41, 5.74) is 0.643. The number of ether oxygens (including phenoxy) is 1. The van der Waals surface area contributed by atoms with Gasteiger partial charge < -0.3 is 15.4 Å². The minimum atomic E-state index is -0.474. The van der Waals surface area contributed by atoms with Gasteiger partial charge in [0.1, 0.15) is 5.60 Å². The normalized spacial score (nSPS) is 23.4. The second kappa shape index (κ2) is 5.21. The molecule has 0 aromatic carbocycles. The van der Waals surface area contributed by atoms with Gasteiger partial charge in [0, 0.05) is 37.9 Å². The van der Waals surface area contributed by atoms with Gasteiger partial charge in [-0.15, -0.1) is 0 Å². The summed E-state index contributed by atoms with van der Waals surface area (Å²) in [6.45, 7) is 7.16. The van der Waals surface area contributed by atoms with Crippen LogP contribution in [0.25, 0.3) is 0 Å². The quantitative estimate of drug-likeness (QED) is 0.838. The summed E-state index contributed by atoms with van der Waals surface area (Å²) in [4.78, 5) is 11.8. The minimum absolute atomic E-state index is 0.0326. The van der Waals surface area contributed by atoms with Crippen LogP contribution in [-0.4, -0.2) is 40.6 Å². The molecule has 2 atom stereocenters. The van der Waals surface area contributed by atoms with Gasteiger partial charge in [-0.05, 0) is 26.8 Å². The van der Waals surface area contributed by atoms with Crippen LogP contribution >= 0.6 is 0 Å². The highest BCUT2D eigenvalue weighted by atomic mass is 16.6. The van der Waals surface area contributed by atoms with Gasteiger partial charge in [0.2, 0.25) is 0 Å². The van der Waals surface area contributed by atoms with Crippen molar-refractivity contribution in [3.8, 4) is 0 Å². The van der Waals surface area contributed by atoms with Crippen LogP contribution in [-0.2, 0) is 11.8 Å². The SMILES string of the molecule is Cn1nccc1[C@H]1CNC[C@@H]1NC(=O)OC(C)(C)C. The molecular weight excluding hydrogens is 244 g/mol. The zero-order chi connectivity index (χ0) is 14.0. The van der Waals surface area contributed by atoms with Crippen molar-refractivity contribution in [2.24, 2.45) is 7.05 Å². The van der Waals surface area contributed by atoms with Crippen molar-refractivity contribution in [1.29, 1.82) is 0 Å². The van der Waals surface area contributed by atoms with Crippen molar-refractivity contribution in [1.82, 2.24) is 20.4 Å². The molecule has 0 radical (unpaired) electrons. The minimum Gasteiger partial charge on any atom is -0.444 e. The van der Waals surface area contributed by atoms with E-state index in [1.54, 1.807) is 6.20 Å². The number of aryl methyl sites for hydroxylation is 1. The highest BCUT2D eigenvalue weighted by Gasteiger charge is 2.32. The Morgan fingerprint density at radius 2 is 2.26 bits per heavy atom. The lowest BCUT2D eigenvalue weighted by Crippen LogP contribution is -2.42. The van der Waals surface area contributed by atoms with E-state index < -0.39 is 5.60 Å². The van der Waals surface area contributed by atoms with Gasteiger partial charge in [-0.3, -0.25) is 4.68 Å². The van der Waals surface area contributed by atoms with E-state index in [1.807, 2.05) is 38.6 Å². The van der Waals surface area contributed by atoms with Crippen molar-refractivity contribution in [2.45, 2.75) is 38.3 Å². The molecule has 1 fully saturated rings. The monoisotopic (exact) mass is 266 g/mol. The number of amides is 1. The van der Waals surface area contributed by atoms with Gasteiger partial charge >= 0.3 is 6.09 Å². The number of hydrogen-bond acceptors (Lipinski definition) is 4. The maximum atomic E-state index is 11.8. The zero-order valence-corrected chi connectivity index (χ0v) is 11.9. The fraction of sp³-hybridized carbons (Fsp3) is 0.692. The lowest BCUT2D eigenvalue weighted by atomic mass is 10.00. The maximum Gasteiger partial charge on any atom is 0.407 e. The fourth-order valence-electron chi connectivity index (χ4n) is 2.35. The molecule has 19 heavy (non-hydrogen) atoms. The summed E-state index contributed by atoms with van der Waals surface area (Å²) < 4.78 is 7.14. The fourth-order valence-corrected chi connectivity index (χ4v) is 2.35. The Kier molecular flexibility index (Phi) is 3.80. The van der Waals surface area contributed by atoms with Crippen molar-refractivity contribution < 1.29 is 9.53 Å². The summed E-state index contributed by atoms with van der Waals surface area (Å²) in [6.07, 6.45) is 1.41. The predicted molar refractivity (Wildman–Crippen MR) is 72.0 cm³/mol. The van der Waals surface area contributed by atoms with Crippen molar-refractivity contribution >= 4 is 6.09 Å². The maximum absolute atomic E-state index is 11.8. The molecule has 0 aliphatic carbocycles. The van der Waals surface area contributed by atoms with E-state index >= 15 is 0 Å². The first-order chi connectivity index (χ1) is 8.87. The van der Waals surface area contributed by atoms with Gasteiger partial charge in [-0.25, -0.2) is 4.79 Å². The highest BCUT2D eigenvalue weighted by molar-refractivity contribution is 5.68. The van der Waals surface area contributed by atoms with Crippen LogP contribution < -0.4 is 10.6 Å². The number of aromatic nitrogens is 2. The van der Waals surface area contributed by atoms with Crippen molar-refractivity contribution in [2.75, 3.05) is 13.1 Å². The highest BCUT2D eigenvalue weighted by Crippen LogP contribution is 2.22. The third-order valence-corrected chi connectivity index (χ3v) is 3.16. The van der Waals surface area contributed by atoms with Gasteiger partial charge in [0.15, 0.2) is 0 Å². The topological polar surface area (TPSA) is 68.2 Å². The number of carbonyl (C=O) groups is 1. The summed E-state index contributed by atoms with van der Waals surface area (Å²) in [7, 11) is 1.91. The van der Waals surface area contributed by atoms with Crippen LogP contribution in [0, 0.1) is 0 Å². The molecule has 106 valence electrons. The number of nitrogens with zero attached hydrogens (tertiary/aromatic N) is 2. The van der Waals surface area contributed by atoms with Crippen molar-refractivity contribution in [3.05, 3.63) is 18.0 Å². The Balaban J connectivity index is 2.00. The van der Waals surface area contributed by atoms with Gasteiger partial charge in [0.25, 0.3) is 0 Å². The van der Waals surface area contributed by atoms with E-state index in [0.29, 0.717) is 0 Å². The second-order valence-electron chi connectivity index (χ2n) is 5.90. The lowest BCUT2D eigenvalue weighted by molar-refractivity contribution is 0.0504. The predicted octanol–water partition coefficient (Wildman–Crippen LogP) is 1.00. The standard InChI is InChI=1S/C13H22N4O2/c1-13(2,3)19-12(18)16-10-8-14-7-9(10)11-5-6-15-17(11)4/h5-6,9-10,14H,7-8H2,1-4H3,(H,16,18)/t9-,10-/m0/s1. The molecule has 1 saturated heterocycles. The Morgan fingerprint density at radius 1 is 1.53 bits per heavy atom. The van der Waals surface area contributed by atoms with Gasteiger partial charge in [-0.2, -0.15) is 5.10 Å². The van der Waals surface area contributed by atoms with E-state index in [0.717, 1.165) is 18.8 Å².